The van der Waals surface area contributed by atoms with Crippen LogP contribution in [0.15, 0.2) is 18.2 Å². The second kappa shape index (κ2) is 2.24. The lowest BCUT2D eigenvalue weighted by atomic mass is 10.2. The van der Waals surface area contributed by atoms with Crippen molar-refractivity contribution in [1.82, 2.24) is 4.98 Å². The maximum atomic E-state index is 9.08. The van der Waals surface area contributed by atoms with Crippen molar-refractivity contribution in [3.63, 3.8) is 0 Å². The van der Waals surface area contributed by atoms with E-state index in [1.54, 1.807) is 18.2 Å². The number of nitrogens with zero attached hydrogens (tertiary/aromatic N) is 1. The van der Waals surface area contributed by atoms with Gasteiger partial charge in [0, 0.05) is 4.91 Å². The number of phenols is 1. The molecule has 11 heavy (non-hydrogen) atoms. The summed E-state index contributed by atoms with van der Waals surface area (Å²) in [6.45, 7) is 0. The van der Waals surface area contributed by atoms with Crippen molar-refractivity contribution < 1.29 is 5.11 Å². The Morgan fingerprint density at radius 1 is 1.45 bits per heavy atom. The lowest BCUT2D eigenvalue weighted by molar-refractivity contribution is 0.476. The van der Waals surface area contributed by atoms with E-state index in [-0.39, 0.29) is 5.75 Å². The van der Waals surface area contributed by atoms with Gasteiger partial charge in [0.05, 0.1) is 10.2 Å². The van der Waals surface area contributed by atoms with E-state index >= 15 is 0 Å². The fourth-order valence-electron chi connectivity index (χ4n) is 0.931. The molecule has 2 rings (SSSR count). The minimum absolute atomic E-state index is 0.251. The molecule has 0 aliphatic carbocycles. The van der Waals surface area contributed by atoms with Gasteiger partial charge in [-0.2, -0.15) is 0 Å². The van der Waals surface area contributed by atoms with Crippen molar-refractivity contribution in [2.45, 2.75) is 0 Å². The summed E-state index contributed by atoms with van der Waals surface area (Å²) < 4.78 is 0.919. The van der Waals surface area contributed by atoms with Crippen molar-refractivity contribution in [2.24, 2.45) is 0 Å². The standard InChI is InChI=1S/C7H4BNOS/c8-7-9-5-2-1-4(10)3-6(5)11-7/h1-3,10H. The normalized spacial score (nSPS) is 10.5. The van der Waals surface area contributed by atoms with Crippen LogP contribution in [0.25, 0.3) is 10.2 Å². The van der Waals surface area contributed by atoms with Crippen molar-refractivity contribution in [3.8, 4) is 5.75 Å². The molecule has 0 fully saturated rings. The van der Waals surface area contributed by atoms with Crippen LogP contribution in [0.2, 0.25) is 0 Å². The smallest absolute Gasteiger partial charge is 0.157 e. The summed E-state index contributed by atoms with van der Waals surface area (Å²) in [5, 5.41) is 9.08. The molecule has 1 heterocycles. The summed E-state index contributed by atoms with van der Waals surface area (Å²) in [6, 6.07) is 5.00. The lowest BCUT2D eigenvalue weighted by Crippen LogP contribution is -1.96. The zero-order valence-corrected chi connectivity index (χ0v) is 6.43. The zero-order valence-electron chi connectivity index (χ0n) is 5.61. The zero-order chi connectivity index (χ0) is 7.84. The molecule has 0 bridgehead atoms. The molecule has 52 valence electrons. The molecule has 0 atom stereocenters. The van der Waals surface area contributed by atoms with Crippen molar-refractivity contribution >= 4 is 34.3 Å². The molecule has 2 aromatic rings. The Bertz CT molecular complexity index is 398. The molecule has 2 radical (unpaired) electrons. The molecule has 0 amide bonds. The molecule has 2 nitrogen and oxygen atoms in total. The number of hydrogen-bond donors (Lipinski definition) is 1. The predicted octanol–water partition coefficient (Wildman–Crippen LogP) is 0.796. The number of phenolic OH excluding ortho intramolecular Hbond substituents is 1. The van der Waals surface area contributed by atoms with E-state index < -0.39 is 0 Å². The molecule has 0 saturated carbocycles. The molecule has 1 aromatic heterocycles. The van der Waals surface area contributed by atoms with Gasteiger partial charge in [-0.15, -0.1) is 11.3 Å². The van der Waals surface area contributed by atoms with Gasteiger partial charge in [-0.25, -0.2) is 0 Å². The SMILES string of the molecule is [B]c1nc2ccc(O)cc2s1. The van der Waals surface area contributed by atoms with Crippen molar-refractivity contribution in [1.29, 1.82) is 0 Å². The Kier molecular flexibility index (Phi) is 1.36. The summed E-state index contributed by atoms with van der Waals surface area (Å²) in [7, 11) is 5.47. The van der Waals surface area contributed by atoms with Crippen LogP contribution in [0.1, 0.15) is 0 Å². The van der Waals surface area contributed by atoms with Gasteiger partial charge in [0.2, 0.25) is 0 Å². The molecule has 1 N–H and O–H groups in total. The van der Waals surface area contributed by atoms with E-state index in [1.807, 2.05) is 0 Å². The van der Waals surface area contributed by atoms with Gasteiger partial charge in [-0.1, -0.05) is 0 Å². The summed E-state index contributed by atoms with van der Waals surface area (Å²) >= 11 is 1.37. The number of hydrogen-bond acceptors (Lipinski definition) is 3. The first-order valence-corrected chi connectivity index (χ1v) is 3.92. The van der Waals surface area contributed by atoms with Crippen LogP contribution in [0.4, 0.5) is 0 Å². The van der Waals surface area contributed by atoms with Gasteiger partial charge in [0.25, 0.3) is 0 Å². The maximum absolute atomic E-state index is 9.08. The maximum Gasteiger partial charge on any atom is 0.157 e. The molecule has 0 unspecified atom stereocenters. The van der Waals surface area contributed by atoms with Crippen LogP contribution in [-0.2, 0) is 0 Å². The van der Waals surface area contributed by atoms with E-state index in [2.05, 4.69) is 4.98 Å². The molecule has 0 saturated heterocycles. The third-order valence-corrected chi connectivity index (χ3v) is 2.24. The van der Waals surface area contributed by atoms with Gasteiger partial charge in [-0.3, -0.25) is 4.98 Å². The average molecular weight is 161 g/mol. The second-order valence-corrected chi connectivity index (χ2v) is 3.27. The highest BCUT2D eigenvalue weighted by Gasteiger charge is 1.98. The highest BCUT2D eigenvalue weighted by molar-refractivity contribution is 7.25. The first kappa shape index (κ1) is 6.67. The van der Waals surface area contributed by atoms with Gasteiger partial charge in [0.15, 0.2) is 7.85 Å². The fraction of sp³-hybridized carbons (Fsp3) is 0. The van der Waals surface area contributed by atoms with Gasteiger partial charge >= 0.3 is 0 Å². The van der Waals surface area contributed by atoms with E-state index in [0.29, 0.717) is 4.91 Å². The Balaban J connectivity index is 2.82. The summed E-state index contributed by atoms with van der Waals surface area (Å²) in [4.78, 5) is 4.57. The topological polar surface area (TPSA) is 33.1 Å². The largest absolute Gasteiger partial charge is 0.508 e. The van der Waals surface area contributed by atoms with Gasteiger partial charge in [-0.05, 0) is 18.2 Å². The van der Waals surface area contributed by atoms with Crippen molar-refractivity contribution in [2.75, 3.05) is 0 Å². The van der Waals surface area contributed by atoms with Gasteiger partial charge in [0.1, 0.15) is 5.75 Å². The minimum atomic E-state index is 0.251. The Labute approximate surface area is 68.9 Å². The summed E-state index contributed by atoms with van der Waals surface area (Å²) in [6.07, 6.45) is 0. The van der Waals surface area contributed by atoms with Crippen molar-refractivity contribution in [3.05, 3.63) is 18.2 Å². The number of benzene rings is 1. The Hall–Kier alpha value is -1.03. The average Bonchev–Trinajstić information content (AvgIpc) is 2.27. The molecule has 4 heteroatoms. The van der Waals surface area contributed by atoms with Crippen LogP contribution < -0.4 is 4.91 Å². The number of rotatable bonds is 0. The predicted molar refractivity (Wildman–Crippen MR) is 46.7 cm³/mol. The quantitative estimate of drug-likeness (QED) is 0.579. The summed E-state index contributed by atoms with van der Waals surface area (Å²) in [5.74, 6) is 0.251. The molecule has 1 aromatic carbocycles. The monoisotopic (exact) mass is 161 g/mol. The second-order valence-electron chi connectivity index (χ2n) is 2.20. The first-order valence-electron chi connectivity index (χ1n) is 3.11. The molecule has 0 aliphatic heterocycles. The number of fused-ring (bicyclic) bond motifs is 1. The highest BCUT2D eigenvalue weighted by Crippen LogP contribution is 2.20. The fourth-order valence-corrected chi connectivity index (χ4v) is 1.70. The lowest BCUT2D eigenvalue weighted by Gasteiger charge is -1.88. The first-order chi connectivity index (χ1) is 5.25. The van der Waals surface area contributed by atoms with E-state index in [9.17, 15) is 0 Å². The van der Waals surface area contributed by atoms with Crippen LogP contribution in [0.3, 0.4) is 0 Å². The van der Waals surface area contributed by atoms with E-state index in [1.165, 1.54) is 11.3 Å². The Morgan fingerprint density at radius 3 is 3.09 bits per heavy atom. The number of thiazole rings is 1. The molecular weight excluding hydrogens is 157 g/mol. The number of aromatic hydroxyl groups is 1. The van der Waals surface area contributed by atoms with Crippen LogP contribution in [0.5, 0.6) is 5.75 Å². The van der Waals surface area contributed by atoms with E-state index in [4.69, 9.17) is 13.0 Å². The van der Waals surface area contributed by atoms with E-state index in [0.717, 1.165) is 10.2 Å². The van der Waals surface area contributed by atoms with Gasteiger partial charge < -0.3 is 5.11 Å². The highest BCUT2D eigenvalue weighted by atomic mass is 32.1. The molecule has 0 aliphatic rings. The van der Waals surface area contributed by atoms with Crippen LogP contribution in [-0.4, -0.2) is 17.9 Å². The number of aromatic nitrogens is 1. The third-order valence-electron chi connectivity index (χ3n) is 1.39. The van der Waals surface area contributed by atoms with Crippen LogP contribution >= 0.6 is 11.3 Å². The summed E-state index contributed by atoms with van der Waals surface area (Å²) in [5.41, 5.74) is 0.838. The molecular formula is C7H4BNOS. The third kappa shape index (κ3) is 1.09. The molecule has 0 spiro atoms. The minimum Gasteiger partial charge on any atom is -0.508 e. The Morgan fingerprint density at radius 2 is 2.27 bits per heavy atom. The van der Waals surface area contributed by atoms with Crippen LogP contribution in [0, 0.1) is 0 Å².